The van der Waals surface area contributed by atoms with Crippen LogP contribution >= 0.6 is 11.8 Å². The van der Waals surface area contributed by atoms with E-state index < -0.39 is 0 Å². The molecule has 3 N–H and O–H groups in total. The minimum Gasteiger partial charge on any atom is -0.308 e. The Bertz CT molecular complexity index is 598. The number of aromatic nitrogens is 2. The fourth-order valence-electron chi connectivity index (χ4n) is 1.93. The maximum absolute atomic E-state index is 5.52. The van der Waals surface area contributed by atoms with Gasteiger partial charge in [-0.05, 0) is 19.4 Å². The molecular weight excluding hydrogens is 268 g/mol. The molecule has 5 heteroatoms. The van der Waals surface area contributed by atoms with E-state index in [4.69, 9.17) is 5.84 Å². The van der Waals surface area contributed by atoms with Crippen LogP contribution in [0.3, 0.4) is 0 Å². The van der Waals surface area contributed by atoms with Gasteiger partial charge in [0.2, 0.25) is 0 Å². The summed E-state index contributed by atoms with van der Waals surface area (Å²) in [6.07, 6.45) is 0.799. The van der Waals surface area contributed by atoms with Crippen LogP contribution in [0.1, 0.15) is 29.4 Å². The Labute approximate surface area is 124 Å². The van der Waals surface area contributed by atoms with Crippen LogP contribution in [0.15, 0.2) is 29.3 Å². The van der Waals surface area contributed by atoms with Gasteiger partial charge in [-0.2, -0.15) is 0 Å². The van der Waals surface area contributed by atoms with Crippen LogP contribution < -0.4 is 11.3 Å². The summed E-state index contributed by atoms with van der Waals surface area (Å²) in [6, 6.07) is 8.53. The third-order valence-electron chi connectivity index (χ3n) is 3.06. The Morgan fingerprint density at radius 3 is 2.70 bits per heavy atom. The second-order valence-corrected chi connectivity index (χ2v) is 5.66. The second kappa shape index (κ2) is 6.72. The number of hydrogen-bond acceptors (Lipinski definition) is 5. The van der Waals surface area contributed by atoms with Crippen molar-refractivity contribution >= 4 is 17.6 Å². The van der Waals surface area contributed by atoms with Gasteiger partial charge in [-0.1, -0.05) is 36.8 Å². The molecule has 0 aliphatic rings. The highest BCUT2D eigenvalue weighted by atomic mass is 32.2. The first-order chi connectivity index (χ1) is 9.63. The molecule has 1 aromatic carbocycles. The molecule has 4 nitrogen and oxygen atoms in total. The lowest BCUT2D eigenvalue weighted by Crippen LogP contribution is -2.13. The van der Waals surface area contributed by atoms with Gasteiger partial charge >= 0.3 is 0 Å². The van der Waals surface area contributed by atoms with E-state index in [2.05, 4.69) is 46.6 Å². The van der Waals surface area contributed by atoms with Gasteiger partial charge in [0.05, 0.1) is 0 Å². The number of rotatable bonds is 5. The number of nitrogens with zero attached hydrogens (tertiary/aromatic N) is 2. The molecule has 2 aromatic rings. The lowest BCUT2D eigenvalue weighted by molar-refractivity contribution is 0.871. The van der Waals surface area contributed by atoms with Gasteiger partial charge in [0, 0.05) is 17.7 Å². The van der Waals surface area contributed by atoms with E-state index >= 15 is 0 Å². The van der Waals surface area contributed by atoms with Crippen LogP contribution in [0.2, 0.25) is 0 Å². The summed E-state index contributed by atoms with van der Waals surface area (Å²) in [7, 11) is 0. The summed E-state index contributed by atoms with van der Waals surface area (Å²) < 4.78 is 0. The number of benzene rings is 1. The van der Waals surface area contributed by atoms with E-state index in [1.165, 1.54) is 11.1 Å². The first-order valence-electron chi connectivity index (χ1n) is 6.66. The highest BCUT2D eigenvalue weighted by Crippen LogP contribution is 2.27. The predicted molar refractivity (Wildman–Crippen MR) is 84.7 cm³/mol. The molecule has 0 saturated heterocycles. The van der Waals surface area contributed by atoms with Crippen molar-refractivity contribution in [3.63, 3.8) is 0 Å². The molecule has 1 aromatic heterocycles. The summed E-state index contributed by atoms with van der Waals surface area (Å²) in [5.74, 6) is 7.94. The van der Waals surface area contributed by atoms with E-state index in [1.54, 1.807) is 11.8 Å². The summed E-state index contributed by atoms with van der Waals surface area (Å²) in [5.41, 5.74) is 6.23. The number of anilines is 1. The van der Waals surface area contributed by atoms with Crippen LogP contribution in [0.25, 0.3) is 0 Å². The van der Waals surface area contributed by atoms with E-state index in [1.807, 2.05) is 13.8 Å². The summed E-state index contributed by atoms with van der Waals surface area (Å²) >= 11 is 1.72. The Kier molecular flexibility index (Phi) is 4.98. The molecule has 0 unspecified atom stereocenters. The molecule has 0 spiro atoms. The average Bonchev–Trinajstić information content (AvgIpc) is 2.46. The first-order valence-corrected chi connectivity index (χ1v) is 7.65. The topological polar surface area (TPSA) is 63.8 Å². The highest BCUT2D eigenvalue weighted by Gasteiger charge is 2.10. The number of hydrogen-bond donors (Lipinski definition) is 2. The normalized spacial score (nSPS) is 10.6. The Morgan fingerprint density at radius 2 is 2.05 bits per heavy atom. The molecule has 0 radical (unpaired) electrons. The number of aryl methyl sites for hydroxylation is 2. The van der Waals surface area contributed by atoms with Crippen molar-refractivity contribution in [1.29, 1.82) is 0 Å². The zero-order valence-electron chi connectivity index (χ0n) is 12.1. The second-order valence-electron chi connectivity index (χ2n) is 4.69. The van der Waals surface area contributed by atoms with Gasteiger partial charge in [0.15, 0.2) is 0 Å². The molecule has 20 heavy (non-hydrogen) atoms. The Balaban J connectivity index is 2.20. The van der Waals surface area contributed by atoms with Gasteiger partial charge < -0.3 is 5.43 Å². The van der Waals surface area contributed by atoms with Crippen molar-refractivity contribution in [2.45, 2.75) is 38.0 Å². The zero-order chi connectivity index (χ0) is 14.5. The van der Waals surface area contributed by atoms with Crippen molar-refractivity contribution in [2.75, 3.05) is 5.43 Å². The van der Waals surface area contributed by atoms with Crippen molar-refractivity contribution in [3.05, 3.63) is 46.8 Å². The van der Waals surface area contributed by atoms with Gasteiger partial charge in [0.1, 0.15) is 16.7 Å². The molecule has 2 rings (SSSR count). The molecule has 1 heterocycles. The number of nitrogen functional groups attached to an aromatic ring is 1. The highest BCUT2D eigenvalue weighted by molar-refractivity contribution is 7.98. The lowest BCUT2D eigenvalue weighted by Gasteiger charge is -2.11. The lowest BCUT2D eigenvalue weighted by atomic mass is 10.2. The van der Waals surface area contributed by atoms with Crippen LogP contribution in [-0.4, -0.2) is 9.97 Å². The number of nitrogens with two attached hydrogens (primary N) is 1. The van der Waals surface area contributed by atoms with E-state index in [0.717, 1.165) is 28.6 Å². The van der Waals surface area contributed by atoms with E-state index in [0.29, 0.717) is 5.82 Å². The van der Waals surface area contributed by atoms with Crippen molar-refractivity contribution in [1.82, 2.24) is 9.97 Å². The molecule has 0 aliphatic heterocycles. The summed E-state index contributed by atoms with van der Waals surface area (Å²) in [5, 5.41) is 0.992. The number of nitrogens with one attached hydrogen (secondary N) is 1. The molecular formula is C15H20N4S. The third kappa shape index (κ3) is 3.49. The van der Waals surface area contributed by atoms with Crippen molar-refractivity contribution in [3.8, 4) is 0 Å². The molecule has 0 bridgehead atoms. The number of thioether (sulfide) groups is 1. The zero-order valence-corrected chi connectivity index (χ0v) is 12.9. The Hall–Kier alpha value is -1.59. The molecule has 0 aliphatic carbocycles. The fourth-order valence-corrected chi connectivity index (χ4v) is 2.90. The number of hydrazine groups is 1. The molecule has 106 valence electrons. The molecule has 0 fully saturated rings. The van der Waals surface area contributed by atoms with Crippen LogP contribution in [-0.2, 0) is 12.2 Å². The minimum atomic E-state index is 0.712. The largest absolute Gasteiger partial charge is 0.308 e. The first kappa shape index (κ1) is 14.8. The summed E-state index contributed by atoms with van der Waals surface area (Å²) in [6.45, 7) is 6.14. The monoisotopic (exact) mass is 288 g/mol. The van der Waals surface area contributed by atoms with Crippen LogP contribution in [0.5, 0.6) is 0 Å². The average molecular weight is 288 g/mol. The Morgan fingerprint density at radius 1 is 1.25 bits per heavy atom. The van der Waals surface area contributed by atoms with Crippen molar-refractivity contribution in [2.24, 2.45) is 5.84 Å². The quantitative estimate of drug-likeness (QED) is 0.383. The maximum atomic E-state index is 5.52. The van der Waals surface area contributed by atoms with Crippen LogP contribution in [0, 0.1) is 13.8 Å². The third-order valence-corrected chi connectivity index (χ3v) is 4.21. The van der Waals surface area contributed by atoms with Gasteiger partial charge in [-0.15, -0.1) is 11.8 Å². The fraction of sp³-hybridized carbons (Fsp3) is 0.333. The van der Waals surface area contributed by atoms with Gasteiger partial charge in [-0.3, -0.25) is 0 Å². The van der Waals surface area contributed by atoms with Gasteiger partial charge in [-0.25, -0.2) is 15.8 Å². The summed E-state index contributed by atoms with van der Waals surface area (Å²) in [4.78, 5) is 8.97. The van der Waals surface area contributed by atoms with E-state index in [9.17, 15) is 0 Å². The van der Waals surface area contributed by atoms with Crippen molar-refractivity contribution < 1.29 is 0 Å². The standard InChI is InChI=1S/C15H20N4S/c1-4-13-17-14(19-16)11(3)15(18-13)20-9-12-7-5-6-10(2)8-12/h5-8H,4,9,16H2,1-3H3,(H,17,18,19). The van der Waals surface area contributed by atoms with Gasteiger partial charge in [0.25, 0.3) is 0 Å². The smallest absolute Gasteiger partial charge is 0.147 e. The van der Waals surface area contributed by atoms with E-state index in [-0.39, 0.29) is 0 Å². The molecule has 0 amide bonds. The predicted octanol–water partition coefficient (Wildman–Crippen LogP) is 3.23. The molecule has 0 atom stereocenters. The minimum absolute atomic E-state index is 0.712. The SMILES string of the molecule is CCc1nc(NN)c(C)c(SCc2cccc(C)c2)n1. The maximum Gasteiger partial charge on any atom is 0.147 e. The molecule has 0 saturated carbocycles. The van der Waals surface area contributed by atoms with Crippen LogP contribution in [0.4, 0.5) is 5.82 Å².